The zero-order valence-electron chi connectivity index (χ0n) is 12.8. The Bertz CT molecular complexity index is 736. The standard InChI is InChI=1S/C12H21N3O5S3/c1-2-14-23(18,19)11-9-10(21-12(11)22(13,16)17)3-4-15-5-7-20-8-6-15/h9,14H,2-8H2,1H3,(H2,13,16,17). The molecule has 11 heteroatoms. The molecule has 23 heavy (non-hydrogen) atoms. The van der Waals surface area contributed by atoms with Crippen LogP contribution in [-0.4, -0.2) is 61.1 Å². The number of ether oxygens (including phenoxy) is 1. The first-order valence-corrected chi connectivity index (χ1v) is 11.0. The fraction of sp³-hybridized carbons (Fsp3) is 0.667. The number of nitrogens with two attached hydrogens (primary N) is 1. The molecule has 2 rings (SSSR count). The van der Waals surface area contributed by atoms with E-state index in [1.54, 1.807) is 6.92 Å². The Hall–Kier alpha value is -0.560. The van der Waals surface area contributed by atoms with Crippen LogP contribution < -0.4 is 9.86 Å². The van der Waals surface area contributed by atoms with E-state index in [-0.39, 0.29) is 15.6 Å². The van der Waals surface area contributed by atoms with E-state index < -0.39 is 20.0 Å². The minimum absolute atomic E-state index is 0.172. The molecule has 0 aliphatic carbocycles. The van der Waals surface area contributed by atoms with Crippen LogP contribution in [0.4, 0.5) is 0 Å². The molecule has 0 amide bonds. The van der Waals surface area contributed by atoms with E-state index in [1.807, 2.05) is 0 Å². The fourth-order valence-electron chi connectivity index (χ4n) is 2.27. The number of primary sulfonamides is 1. The number of morpholine rings is 1. The van der Waals surface area contributed by atoms with Crippen molar-refractivity contribution in [2.75, 3.05) is 39.4 Å². The average Bonchev–Trinajstić information content (AvgIpc) is 2.91. The first-order valence-electron chi connectivity index (χ1n) is 7.19. The van der Waals surface area contributed by atoms with E-state index in [4.69, 9.17) is 9.88 Å². The highest BCUT2D eigenvalue weighted by atomic mass is 32.2. The highest BCUT2D eigenvalue weighted by Gasteiger charge is 2.27. The van der Waals surface area contributed by atoms with Crippen LogP contribution in [0.25, 0.3) is 0 Å². The van der Waals surface area contributed by atoms with Crippen LogP contribution in [0.15, 0.2) is 15.2 Å². The number of thiophene rings is 1. The quantitative estimate of drug-likeness (QED) is 0.659. The van der Waals surface area contributed by atoms with Gasteiger partial charge in [-0.25, -0.2) is 26.7 Å². The van der Waals surface area contributed by atoms with Crippen LogP contribution in [0.2, 0.25) is 0 Å². The Morgan fingerprint density at radius 2 is 1.96 bits per heavy atom. The van der Waals surface area contributed by atoms with E-state index in [0.29, 0.717) is 31.1 Å². The number of rotatable bonds is 7. The molecule has 1 aromatic rings. The van der Waals surface area contributed by atoms with Gasteiger partial charge in [0.15, 0.2) is 4.21 Å². The van der Waals surface area contributed by atoms with Crippen LogP contribution >= 0.6 is 11.3 Å². The first kappa shape index (κ1) is 18.8. The number of sulfonamides is 2. The third kappa shape index (κ3) is 4.95. The molecule has 0 bridgehead atoms. The average molecular weight is 384 g/mol. The van der Waals surface area contributed by atoms with Crippen LogP contribution in [-0.2, 0) is 31.2 Å². The lowest BCUT2D eigenvalue weighted by Crippen LogP contribution is -2.37. The summed E-state index contributed by atoms with van der Waals surface area (Å²) in [6, 6.07) is 1.41. The van der Waals surface area contributed by atoms with Gasteiger partial charge in [-0.1, -0.05) is 6.92 Å². The maximum absolute atomic E-state index is 12.2. The van der Waals surface area contributed by atoms with Crippen LogP contribution in [0.5, 0.6) is 0 Å². The largest absolute Gasteiger partial charge is 0.379 e. The van der Waals surface area contributed by atoms with Gasteiger partial charge in [-0.15, -0.1) is 11.3 Å². The number of nitrogens with zero attached hydrogens (tertiary/aromatic N) is 1. The fourth-order valence-corrected chi connectivity index (χ4v) is 6.43. The molecule has 1 fully saturated rings. The molecule has 0 unspecified atom stereocenters. The number of hydrogen-bond acceptors (Lipinski definition) is 7. The third-order valence-electron chi connectivity index (χ3n) is 3.38. The summed E-state index contributed by atoms with van der Waals surface area (Å²) >= 11 is 0.918. The minimum atomic E-state index is -4.09. The molecule has 2 heterocycles. The van der Waals surface area contributed by atoms with Crippen LogP contribution in [0, 0.1) is 0 Å². The Labute approximate surface area is 140 Å². The lowest BCUT2D eigenvalue weighted by molar-refractivity contribution is 0.0385. The van der Waals surface area contributed by atoms with Gasteiger partial charge in [-0.3, -0.25) is 4.90 Å². The maximum atomic E-state index is 12.2. The number of nitrogens with one attached hydrogen (secondary N) is 1. The Morgan fingerprint density at radius 1 is 1.30 bits per heavy atom. The molecule has 0 radical (unpaired) electrons. The van der Waals surface area contributed by atoms with Crippen molar-refractivity contribution in [2.45, 2.75) is 22.4 Å². The zero-order chi connectivity index (χ0) is 17.1. The van der Waals surface area contributed by atoms with Gasteiger partial charge in [0.05, 0.1) is 13.2 Å². The molecule has 0 aromatic carbocycles. The SMILES string of the molecule is CCNS(=O)(=O)c1cc(CCN2CCOCC2)sc1S(N)(=O)=O. The van der Waals surface area contributed by atoms with Crippen molar-refractivity contribution in [1.29, 1.82) is 0 Å². The maximum Gasteiger partial charge on any atom is 0.248 e. The summed E-state index contributed by atoms with van der Waals surface area (Å²) in [4.78, 5) is 2.61. The topological polar surface area (TPSA) is 119 Å². The molecular formula is C12H21N3O5S3. The molecule has 1 aliphatic rings. The molecule has 3 N–H and O–H groups in total. The van der Waals surface area contributed by atoms with Gasteiger partial charge < -0.3 is 4.74 Å². The number of hydrogen-bond donors (Lipinski definition) is 2. The second-order valence-electron chi connectivity index (χ2n) is 5.11. The smallest absolute Gasteiger partial charge is 0.248 e. The van der Waals surface area contributed by atoms with Crippen LogP contribution in [0.3, 0.4) is 0 Å². The Kier molecular flexibility index (Phi) is 6.16. The monoisotopic (exact) mass is 383 g/mol. The predicted octanol–water partition coefficient (Wildman–Crippen LogP) is -0.432. The van der Waals surface area contributed by atoms with Crippen molar-refractivity contribution in [3.63, 3.8) is 0 Å². The summed E-state index contributed by atoms with van der Waals surface area (Å²) in [5.74, 6) is 0. The van der Waals surface area contributed by atoms with Gasteiger partial charge in [-0.05, 0) is 12.5 Å². The predicted molar refractivity (Wildman–Crippen MR) is 87.5 cm³/mol. The van der Waals surface area contributed by atoms with Gasteiger partial charge >= 0.3 is 0 Å². The second kappa shape index (κ2) is 7.55. The molecular weight excluding hydrogens is 362 g/mol. The Balaban J connectivity index is 2.23. The van der Waals surface area contributed by atoms with Crippen molar-refractivity contribution in [2.24, 2.45) is 5.14 Å². The summed E-state index contributed by atoms with van der Waals surface area (Å²) in [5.41, 5.74) is 0. The summed E-state index contributed by atoms with van der Waals surface area (Å²) < 4.78 is 55.0. The van der Waals surface area contributed by atoms with Crippen molar-refractivity contribution in [1.82, 2.24) is 9.62 Å². The summed E-state index contributed by atoms with van der Waals surface area (Å²) in [5, 5.41) is 5.17. The van der Waals surface area contributed by atoms with E-state index in [9.17, 15) is 16.8 Å². The molecule has 1 aromatic heterocycles. The van der Waals surface area contributed by atoms with Gasteiger partial charge in [0, 0.05) is 31.1 Å². The normalized spacial score (nSPS) is 17.5. The molecule has 132 valence electrons. The summed E-state index contributed by atoms with van der Waals surface area (Å²) in [7, 11) is -7.97. The molecule has 1 saturated heterocycles. The lowest BCUT2D eigenvalue weighted by Gasteiger charge is -2.26. The summed E-state index contributed by atoms with van der Waals surface area (Å²) in [6.45, 7) is 5.49. The van der Waals surface area contributed by atoms with Gasteiger partial charge in [-0.2, -0.15) is 0 Å². The zero-order valence-corrected chi connectivity index (χ0v) is 15.3. The highest BCUT2D eigenvalue weighted by molar-refractivity contribution is 7.94. The van der Waals surface area contributed by atoms with Crippen molar-refractivity contribution < 1.29 is 21.6 Å². The first-order chi connectivity index (χ1) is 10.7. The van der Waals surface area contributed by atoms with Gasteiger partial charge in [0.1, 0.15) is 4.90 Å². The third-order valence-corrected chi connectivity index (χ3v) is 7.88. The second-order valence-corrected chi connectivity index (χ2v) is 9.74. The lowest BCUT2D eigenvalue weighted by atomic mass is 10.3. The molecule has 0 saturated carbocycles. The van der Waals surface area contributed by atoms with E-state index in [0.717, 1.165) is 24.4 Å². The van der Waals surface area contributed by atoms with Crippen LogP contribution in [0.1, 0.15) is 11.8 Å². The van der Waals surface area contributed by atoms with Crippen molar-refractivity contribution in [3.05, 3.63) is 10.9 Å². The molecule has 8 nitrogen and oxygen atoms in total. The van der Waals surface area contributed by atoms with Crippen molar-refractivity contribution in [3.8, 4) is 0 Å². The van der Waals surface area contributed by atoms with E-state index >= 15 is 0 Å². The molecule has 1 aliphatic heterocycles. The van der Waals surface area contributed by atoms with Gasteiger partial charge in [0.25, 0.3) is 0 Å². The van der Waals surface area contributed by atoms with Gasteiger partial charge in [0.2, 0.25) is 20.0 Å². The highest BCUT2D eigenvalue weighted by Crippen LogP contribution is 2.30. The minimum Gasteiger partial charge on any atom is -0.379 e. The summed E-state index contributed by atoms with van der Waals surface area (Å²) in [6.07, 6.45) is 0.564. The Morgan fingerprint density at radius 3 is 2.52 bits per heavy atom. The van der Waals surface area contributed by atoms with Crippen molar-refractivity contribution >= 4 is 31.4 Å². The van der Waals surface area contributed by atoms with E-state index in [2.05, 4.69) is 9.62 Å². The molecule has 0 spiro atoms. The van der Waals surface area contributed by atoms with E-state index in [1.165, 1.54) is 6.07 Å². The molecule has 0 atom stereocenters.